The Morgan fingerprint density at radius 1 is 1.53 bits per heavy atom. The summed E-state index contributed by atoms with van der Waals surface area (Å²) in [6.07, 6.45) is 4.33. The molecule has 5 heteroatoms. The van der Waals surface area contributed by atoms with Gasteiger partial charge in [0.25, 0.3) is 0 Å². The molecule has 106 valence electrons. The van der Waals surface area contributed by atoms with Crippen LogP contribution in [-0.4, -0.2) is 35.6 Å². The minimum absolute atomic E-state index is 0.467. The zero-order valence-electron chi connectivity index (χ0n) is 11.5. The topological polar surface area (TPSA) is 28.2 Å². The number of piperidine rings is 1. The fourth-order valence-electron chi connectivity index (χ4n) is 2.65. The van der Waals surface area contributed by atoms with Crippen LogP contribution in [0, 0.1) is 5.92 Å². The van der Waals surface area contributed by atoms with Crippen molar-refractivity contribution in [1.29, 1.82) is 0 Å². The third-order valence-corrected chi connectivity index (χ3v) is 5.11. The van der Waals surface area contributed by atoms with E-state index in [4.69, 9.17) is 11.6 Å². The first-order chi connectivity index (χ1) is 9.10. The first-order valence-electron chi connectivity index (χ1n) is 6.90. The maximum Gasteiger partial charge on any atom is 0.143 e. The van der Waals surface area contributed by atoms with Crippen LogP contribution in [0.5, 0.6) is 0 Å². The summed E-state index contributed by atoms with van der Waals surface area (Å²) in [5.41, 5.74) is 1.03. The van der Waals surface area contributed by atoms with Crippen molar-refractivity contribution < 1.29 is 0 Å². The van der Waals surface area contributed by atoms with Gasteiger partial charge < -0.3 is 10.2 Å². The number of nitrogens with zero attached hydrogens (tertiary/aromatic N) is 2. The highest BCUT2D eigenvalue weighted by Gasteiger charge is 2.23. The minimum Gasteiger partial charge on any atom is -0.381 e. The maximum atomic E-state index is 5.91. The summed E-state index contributed by atoms with van der Waals surface area (Å²) in [6.45, 7) is 8.10. The van der Waals surface area contributed by atoms with Gasteiger partial charge in [-0.05, 0) is 67.3 Å². The monoisotopic (exact) mass is 345 g/mol. The molecule has 1 N–H and O–H groups in total. The van der Waals surface area contributed by atoms with Crippen molar-refractivity contribution >= 4 is 33.2 Å². The Morgan fingerprint density at radius 3 is 2.79 bits per heavy atom. The lowest BCUT2D eigenvalue weighted by Crippen LogP contribution is -2.39. The van der Waals surface area contributed by atoms with Crippen LogP contribution in [0.2, 0.25) is 5.15 Å². The Kier molecular flexibility index (Phi) is 5.48. The number of pyridine rings is 1. The van der Waals surface area contributed by atoms with Crippen molar-refractivity contribution in [2.24, 2.45) is 5.92 Å². The van der Waals surface area contributed by atoms with Gasteiger partial charge in [0, 0.05) is 6.04 Å². The van der Waals surface area contributed by atoms with Crippen LogP contribution in [0.4, 0.5) is 5.69 Å². The van der Waals surface area contributed by atoms with Crippen LogP contribution in [-0.2, 0) is 0 Å². The lowest BCUT2D eigenvalue weighted by Gasteiger charge is -2.34. The molecular formula is C14H21BrClN3. The Labute approximate surface area is 128 Å². The van der Waals surface area contributed by atoms with E-state index in [0.29, 0.717) is 11.2 Å². The molecule has 0 aromatic carbocycles. The van der Waals surface area contributed by atoms with Gasteiger partial charge in [0.1, 0.15) is 5.15 Å². The Balaban J connectivity index is 1.90. The Hall–Kier alpha value is -0.320. The summed E-state index contributed by atoms with van der Waals surface area (Å²) in [4.78, 5) is 6.67. The van der Waals surface area contributed by atoms with Crippen molar-refractivity contribution in [3.63, 3.8) is 0 Å². The number of rotatable bonds is 4. The van der Waals surface area contributed by atoms with E-state index in [9.17, 15) is 0 Å². The third-order valence-electron chi connectivity index (χ3n) is 3.98. The minimum atomic E-state index is 0.467. The van der Waals surface area contributed by atoms with E-state index >= 15 is 0 Å². The number of halogens is 2. The summed E-state index contributed by atoms with van der Waals surface area (Å²) in [5, 5.41) is 4.05. The van der Waals surface area contributed by atoms with Crippen LogP contribution >= 0.6 is 27.5 Å². The molecular weight excluding hydrogens is 326 g/mol. The largest absolute Gasteiger partial charge is 0.381 e. The fraction of sp³-hybridized carbons (Fsp3) is 0.643. The SMILES string of the molecule is CCN1CCC(C(C)Nc2cnc(Cl)c(Br)c2)CC1. The molecule has 0 radical (unpaired) electrons. The molecule has 0 bridgehead atoms. The van der Waals surface area contributed by atoms with Crippen molar-refractivity contribution in [2.75, 3.05) is 25.0 Å². The molecule has 1 saturated heterocycles. The normalized spacial score (nSPS) is 19.4. The van der Waals surface area contributed by atoms with Gasteiger partial charge in [-0.25, -0.2) is 4.98 Å². The summed E-state index contributed by atoms with van der Waals surface area (Å²) in [5.74, 6) is 0.734. The summed E-state index contributed by atoms with van der Waals surface area (Å²) in [6, 6.07) is 2.46. The Bertz CT molecular complexity index is 419. The molecule has 0 saturated carbocycles. The average Bonchev–Trinajstić information content (AvgIpc) is 2.43. The number of hydrogen-bond acceptors (Lipinski definition) is 3. The van der Waals surface area contributed by atoms with Crippen LogP contribution < -0.4 is 5.32 Å². The quantitative estimate of drug-likeness (QED) is 0.834. The molecule has 3 nitrogen and oxygen atoms in total. The predicted molar refractivity (Wildman–Crippen MR) is 84.9 cm³/mol. The van der Waals surface area contributed by atoms with Crippen LogP contribution in [0.15, 0.2) is 16.7 Å². The summed E-state index contributed by atoms with van der Waals surface area (Å²) in [7, 11) is 0. The van der Waals surface area contributed by atoms with Crippen LogP contribution in [0.1, 0.15) is 26.7 Å². The van der Waals surface area contributed by atoms with Gasteiger partial charge in [0.15, 0.2) is 0 Å². The highest BCUT2D eigenvalue weighted by Crippen LogP contribution is 2.26. The van der Waals surface area contributed by atoms with Gasteiger partial charge in [0.05, 0.1) is 16.4 Å². The molecule has 0 aliphatic carbocycles. The molecule has 0 spiro atoms. The molecule has 19 heavy (non-hydrogen) atoms. The molecule has 1 aromatic heterocycles. The van der Waals surface area contributed by atoms with E-state index in [-0.39, 0.29) is 0 Å². The zero-order valence-corrected chi connectivity index (χ0v) is 13.8. The lowest BCUT2D eigenvalue weighted by molar-refractivity contribution is 0.183. The number of anilines is 1. The molecule has 2 rings (SSSR count). The van der Waals surface area contributed by atoms with E-state index in [2.05, 4.69) is 45.0 Å². The van der Waals surface area contributed by atoms with Gasteiger partial charge in [-0.15, -0.1) is 0 Å². The zero-order chi connectivity index (χ0) is 13.8. The van der Waals surface area contributed by atoms with E-state index < -0.39 is 0 Å². The van der Waals surface area contributed by atoms with Gasteiger partial charge in [-0.3, -0.25) is 0 Å². The fourth-order valence-corrected chi connectivity index (χ4v) is 3.10. The number of hydrogen-bond donors (Lipinski definition) is 1. The maximum absolute atomic E-state index is 5.91. The number of likely N-dealkylation sites (tertiary alicyclic amines) is 1. The highest BCUT2D eigenvalue weighted by molar-refractivity contribution is 9.10. The van der Waals surface area contributed by atoms with E-state index in [1.54, 1.807) is 6.20 Å². The standard InChI is InChI=1S/C14H21BrClN3/c1-3-19-6-4-11(5-7-19)10(2)18-12-8-13(15)14(16)17-9-12/h8-11,18H,3-7H2,1-2H3. The smallest absolute Gasteiger partial charge is 0.143 e. The second-order valence-electron chi connectivity index (χ2n) is 5.20. The van der Waals surface area contributed by atoms with Gasteiger partial charge in [-0.2, -0.15) is 0 Å². The first-order valence-corrected chi connectivity index (χ1v) is 8.07. The van der Waals surface area contributed by atoms with Gasteiger partial charge in [-0.1, -0.05) is 18.5 Å². The predicted octanol–water partition coefficient (Wildman–Crippen LogP) is 4.03. The van der Waals surface area contributed by atoms with Crippen molar-refractivity contribution in [3.8, 4) is 0 Å². The van der Waals surface area contributed by atoms with Gasteiger partial charge in [0.2, 0.25) is 0 Å². The number of aromatic nitrogens is 1. The first kappa shape index (κ1) is 15.1. The molecule has 2 heterocycles. The average molecular weight is 347 g/mol. The number of nitrogens with one attached hydrogen (secondary N) is 1. The second-order valence-corrected chi connectivity index (χ2v) is 6.41. The summed E-state index contributed by atoms with van der Waals surface area (Å²) < 4.78 is 0.840. The lowest BCUT2D eigenvalue weighted by atomic mass is 9.90. The molecule has 1 atom stereocenters. The van der Waals surface area contributed by atoms with Crippen molar-refractivity contribution in [3.05, 3.63) is 21.9 Å². The highest BCUT2D eigenvalue weighted by atomic mass is 79.9. The molecule has 1 aliphatic rings. The molecule has 1 unspecified atom stereocenters. The van der Waals surface area contributed by atoms with E-state index in [1.165, 1.54) is 32.5 Å². The third kappa shape index (κ3) is 4.07. The molecule has 1 aromatic rings. The molecule has 1 aliphatic heterocycles. The second kappa shape index (κ2) is 6.91. The van der Waals surface area contributed by atoms with Crippen LogP contribution in [0.25, 0.3) is 0 Å². The Morgan fingerprint density at radius 2 is 2.21 bits per heavy atom. The van der Waals surface area contributed by atoms with E-state index in [0.717, 1.165) is 16.1 Å². The van der Waals surface area contributed by atoms with Crippen molar-refractivity contribution in [1.82, 2.24) is 9.88 Å². The molecule has 1 fully saturated rings. The molecule has 0 amide bonds. The summed E-state index contributed by atoms with van der Waals surface area (Å²) >= 11 is 9.31. The van der Waals surface area contributed by atoms with E-state index in [1.807, 2.05) is 6.07 Å². The van der Waals surface area contributed by atoms with Crippen molar-refractivity contribution in [2.45, 2.75) is 32.7 Å². The van der Waals surface area contributed by atoms with Gasteiger partial charge >= 0.3 is 0 Å². The van der Waals surface area contributed by atoms with Crippen LogP contribution in [0.3, 0.4) is 0 Å².